The number of pyridine rings is 1. The number of ether oxygens (including phenoxy) is 1. The van der Waals surface area contributed by atoms with Gasteiger partial charge in [0.05, 0.1) is 35.7 Å². The molecular weight excluding hydrogens is 545 g/mol. The van der Waals surface area contributed by atoms with Crippen molar-refractivity contribution in [3.05, 3.63) is 90.3 Å². The van der Waals surface area contributed by atoms with E-state index >= 15 is 0 Å². The van der Waals surface area contributed by atoms with Gasteiger partial charge in [0.15, 0.2) is 5.82 Å². The molecular formula is C33H44FN7O2. The van der Waals surface area contributed by atoms with Gasteiger partial charge in [0.25, 0.3) is 0 Å². The molecule has 0 bridgehead atoms. The molecule has 0 amide bonds. The van der Waals surface area contributed by atoms with Crippen LogP contribution in [0.2, 0.25) is 0 Å². The van der Waals surface area contributed by atoms with E-state index in [4.69, 9.17) is 4.74 Å². The van der Waals surface area contributed by atoms with E-state index in [1.807, 2.05) is 69.3 Å². The molecule has 0 spiro atoms. The molecule has 2 aromatic heterocycles. The number of hydrazone groups is 1. The van der Waals surface area contributed by atoms with Crippen molar-refractivity contribution in [2.24, 2.45) is 5.10 Å². The number of aryl methyl sites for hydroxylation is 1. The second-order valence-electron chi connectivity index (χ2n) is 9.20. The summed E-state index contributed by atoms with van der Waals surface area (Å²) in [7, 11) is 2.11. The minimum Gasteiger partial charge on any atom is -0.508 e. The van der Waals surface area contributed by atoms with Crippen LogP contribution in [-0.4, -0.2) is 64.5 Å². The van der Waals surface area contributed by atoms with Gasteiger partial charge in [-0.1, -0.05) is 45.0 Å². The van der Waals surface area contributed by atoms with Gasteiger partial charge in [-0.2, -0.15) is 5.10 Å². The van der Waals surface area contributed by atoms with E-state index in [2.05, 4.69) is 56.6 Å². The molecule has 3 N–H and O–H groups in total. The lowest BCUT2D eigenvalue weighted by Gasteiger charge is -2.12. The number of aromatic nitrogens is 3. The third kappa shape index (κ3) is 13.0. The van der Waals surface area contributed by atoms with Crippen LogP contribution in [0.5, 0.6) is 5.75 Å². The molecule has 2 heterocycles. The lowest BCUT2D eigenvalue weighted by molar-refractivity contribution is 0.162. The first-order valence-electron chi connectivity index (χ1n) is 14.5. The monoisotopic (exact) mass is 589 g/mol. The predicted octanol–water partition coefficient (Wildman–Crippen LogP) is 7.14. The number of benzene rings is 2. The van der Waals surface area contributed by atoms with E-state index in [1.54, 1.807) is 18.3 Å². The minimum atomic E-state index is -0.508. The standard InChI is InChI=1S/C24H21FN6O.C5H13N.C4H10O/c1-2-22-23(11-10-20(30-22)15-28-31-24-26-13-18(25)14-27-24)29-19-8-6-16(7-9-19)17-4-3-5-21(32)12-17;1-4-6(3)5-2;1-3-5-4-2/h3-15,29,32H,2H2,1H3,(H,26,27,31);4-5H2,1-3H3;3-4H2,1-2H3/b28-15+;;. The van der Waals surface area contributed by atoms with E-state index in [0.717, 1.165) is 73.3 Å². The summed E-state index contributed by atoms with van der Waals surface area (Å²) in [5.41, 5.74) is 8.02. The highest BCUT2D eigenvalue weighted by atomic mass is 19.1. The largest absolute Gasteiger partial charge is 0.508 e. The van der Waals surface area contributed by atoms with E-state index < -0.39 is 5.82 Å². The van der Waals surface area contributed by atoms with Crippen LogP contribution in [0.4, 0.5) is 21.7 Å². The highest BCUT2D eigenvalue weighted by Crippen LogP contribution is 2.26. The van der Waals surface area contributed by atoms with Gasteiger partial charge in [0, 0.05) is 18.9 Å². The molecule has 0 fully saturated rings. The maximum atomic E-state index is 12.8. The number of anilines is 3. The zero-order valence-electron chi connectivity index (χ0n) is 26.0. The highest BCUT2D eigenvalue weighted by Gasteiger charge is 2.06. The molecule has 0 saturated heterocycles. The molecule has 0 aliphatic carbocycles. The predicted molar refractivity (Wildman–Crippen MR) is 175 cm³/mol. The molecule has 0 aliphatic heterocycles. The normalized spacial score (nSPS) is 10.5. The first kappa shape index (κ1) is 34.8. The molecule has 4 aromatic rings. The Hall–Kier alpha value is -4.41. The van der Waals surface area contributed by atoms with Gasteiger partial charge in [-0.25, -0.2) is 24.8 Å². The van der Waals surface area contributed by atoms with E-state index in [1.165, 1.54) is 0 Å². The van der Waals surface area contributed by atoms with Crippen LogP contribution in [0.3, 0.4) is 0 Å². The number of hydrogen-bond donors (Lipinski definition) is 3. The number of aromatic hydroxyl groups is 1. The lowest BCUT2D eigenvalue weighted by atomic mass is 10.1. The Kier molecular flexibility index (Phi) is 15.9. The van der Waals surface area contributed by atoms with Crippen LogP contribution in [0, 0.1) is 5.82 Å². The van der Waals surface area contributed by atoms with Gasteiger partial charge >= 0.3 is 0 Å². The molecule has 43 heavy (non-hydrogen) atoms. The molecule has 9 nitrogen and oxygen atoms in total. The summed E-state index contributed by atoms with van der Waals surface area (Å²) in [4.78, 5) is 14.4. The van der Waals surface area contributed by atoms with Crippen molar-refractivity contribution in [3.8, 4) is 16.9 Å². The topological polar surface area (TPSA) is 108 Å². The first-order chi connectivity index (χ1) is 20.8. The number of rotatable bonds is 11. The van der Waals surface area contributed by atoms with Gasteiger partial charge in [0.2, 0.25) is 5.95 Å². The Morgan fingerprint density at radius 1 is 0.907 bits per heavy atom. The third-order valence-corrected chi connectivity index (χ3v) is 6.14. The second-order valence-corrected chi connectivity index (χ2v) is 9.20. The number of nitrogens with zero attached hydrogens (tertiary/aromatic N) is 5. The summed E-state index contributed by atoms with van der Waals surface area (Å²) in [6.07, 6.45) is 4.42. The van der Waals surface area contributed by atoms with Crippen LogP contribution in [0.25, 0.3) is 11.1 Å². The fraction of sp³-hybridized carbons (Fsp3) is 0.333. The van der Waals surface area contributed by atoms with E-state index in [0.29, 0.717) is 5.69 Å². The summed E-state index contributed by atoms with van der Waals surface area (Å²) in [6.45, 7) is 14.3. The molecule has 4 rings (SSSR count). The summed E-state index contributed by atoms with van der Waals surface area (Å²) >= 11 is 0. The maximum absolute atomic E-state index is 12.8. The Labute approximate surface area is 254 Å². The number of hydrogen-bond acceptors (Lipinski definition) is 9. The molecule has 2 aromatic carbocycles. The van der Waals surface area contributed by atoms with Crippen molar-refractivity contribution in [1.82, 2.24) is 19.9 Å². The van der Waals surface area contributed by atoms with E-state index in [-0.39, 0.29) is 11.7 Å². The Bertz CT molecular complexity index is 1360. The van der Waals surface area contributed by atoms with Crippen molar-refractivity contribution in [1.29, 1.82) is 0 Å². The summed E-state index contributed by atoms with van der Waals surface area (Å²) in [6, 6.07) is 18.9. The minimum absolute atomic E-state index is 0.200. The fourth-order valence-corrected chi connectivity index (χ4v) is 3.51. The van der Waals surface area contributed by atoms with E-state index in [9.17, 15) is 9.50 Å². The van der Waals surface area contributed by atoms with Crippen LogP contribution >= 0.6 is 0 Å². The maximum Gasteiger partial charge on any atom is 0.243 e. The lowest BCUT2D eigenvalue weighted by Crippen LogP contribution is -2.15. The van der Waals surface area contributed by atoms with Crippen molar-refractivity contribution in [2.45, 2.75) is 41.0 Å². The average Bonchev–Trinajstić information content (AvgIpc) is 3.03. The summed E-state index contributed by atoms with van der Waals surface area (Å²) < 4.78 is 17.7. The van der Waals surface area contributed by atoms with Crippen molar-refractivity contribution >= 4 is 23.5 Å². The zero-order valence-corrected chi connectivity index (χ0v) is 26.0. The van der Waals surface area contributed by atoms with Gasteiger partial charge in [-0.15, -0.1) is 0 Å². The molecule has 0 radical (unpaired) electrons. The number of nitrogens with one attached hydrogen (secondary N) is 2. The SMILES string of the molecule is CCN(C)CC.CCOCC.CCc1nc(/C=N/Nc2ncc(F)cn2)ccc1Nc1ccc(-c2cccc(O)c2)cc1. The van der Waals surface area contributed by atoms with Crippen molar-refractivity contribution < 1.29 is 14.2 Å². The molecule has 0 atom stereocenters. The molecule has 0 unspecified atom stereocenters. The smallest absolute Gasteiger partial charge is 0.243 e. The van der Waals surface area contributed by atoms with Gasteiger partial charge < -0.3 is 20.1 Å². The van der Waals surface area contributed by atoms with Crippen LogP contribution in [0.1, 0.15) is 46.0 Å². The zero-order chi connectivity index (χ0) is 31.5. The highest BCUT2D eigenvalue weighted by molar-refractivity contribution is 5.79. The van der Waals surface area contributed by atoms with Gasteiger partial charge in [-0.05, 0) is 87.9 Å². The van der Waals surface area contributed by atoms with Crippen LogP contribution in [-0.2, 0) is 11.2 Å². The summed E-state index contributed by atoms with van der Waals surface area (Å²) in [5, 5.41) is 17.1. The molecule has 0 saturated carbocycles. The average molecular weight is 590 g/mol. The Morgan fingerprint density at radius 2 is 1.58 bits per heavy atom. The van der Waals surface area contributed by atoms with Gasteiger partial charge in [0.1, 0.15) is 5.75 Å². The quantitative estimate of drug-likeness (QED) is 0.125. The van der Waals surface area contributed by atoms with Gasteiger partial charge in [-0.3, -0.25) is 0 Å². The molecule has 0 aliphatic rings. The summed E-state index contributed by atoms with van der Waals surface area (Å²) in [5.74, 6) is -0.0657. The third-order valence-electron chi connectivity index (χ3n) is 6.14. The Morgan fingerprint density at radius 3 is 2.12 bits per heavy atom. The Balaban J connectivity index is 0.000000502. The van der Waals surface area contributed by atoms with Crippen molar-refractivity contribution in [2.75, 3.05) is 44.1 Å². The fourth-order valence-electron chi connectivity index (χ4n) is 3.51. The van der Waals surface area contributed by atoms with Crippen LogP contribution in [0.15, 0.2) is 78.2 Å². The number of phenolic OH excluding ortho intramolecular Hbond substituents is 1. The van der Waals surface area contributed by atoms with Crippen LogP contribution < -0.4 is 10.7 Å². The molecule has 10 heteroatoms. The second kappa shape index (κ2) is 19.7. The van der Waals surface area contributed by atoms with Crippen molar-refractivity contribution in [3.63, 3.8) is 0 Å². The first-order valence-corrected chi connectivity index (χ1v) is 14.5. The number of phenols is 1. The molecule has 230 valence electrons. The number of halogens is 1.